The normalized spacial score (nSPS) is 17.6. The van der Waals surface area contributed by atoms with Crippen LogP contribution < -0.4 is 0 Å². The first kappa shape index (κ1) is 14.1. The van der Waals surface area contributed by atoms with Crippen LogP contribution >= 0.6 is 11.8 Å². The van der Waals surface area contributed by atoms with Gasteiger partial charge in [0.1, 0.15) is 0 Å². The first-order valence-electron chi connectivity index (χ1n) is 5.37. The minimum absolute atomic E-state index is 0.311. The van der Waals surface area contributed by atoms with E-state index in [0.29, 0.717) is 21.3 Å². The quantitative estimate of drug-likeness (QED) is 0.611. The number of thioether (sulfide) groups is 1. The highest BCUT2D eigenvalue weighted by Gasteiger charge is 2.28. The molecule has 0 aromatic rings. The van der Waals surface area contributed by atoms with Gasteiger partial charge in [0, 0.05) is 10.5 Å². The molecule has 0 saturated carbocycles. The van der Waals surface area contributed by atoms with E-state index in [0.717, 1.165) is 0 Å². The Balaban J connectivity index is 4.42. The fourth-order valence-corrected chi connectivity index (χ4v) is 2.40. The topological polar surface area (TPSA) is 0 Å². The molecule has 0 heterocycles. The van der Waals surface area contributed by atoms with E-state index in [2.05, 4.69) is 61.1 Å². The molecule has 0 radical (unpaired) electrons. The third kappa shape index (κ3) is 4.54. The van der Waals surface area contributed by atoms with Crippen LogP contribution in [-0.2, 0) is 0 Å². The molecule has 2 unspecified atom stereocenters. The van der Waals surface area contributed by atoms with Crippen molar-refractivity contribution in [2.45, 2.75) is 59.0 Å². The summed E-state index contributed by atoms with van der Waals surface area (Å²) in [6, 6.07) is 0. The third-order valence-electron chi connectivity index (χ3n) is 2.64. The minimum Gasteiger partial charge on any atom is -0.150 e. The van der Waals surface area contributed by atoms with E-state index in [9.17, 15) is 0 Å². The molecule has 2 atom stereocenters. The van der Waals surface area contributed by atoms with Gasteiger partial charge in [0.25, 0.3) is 0 Å². The van der Waals surface area contributed by atoms with Gasteiger partial charge in [0.15, 0.2) is 0 Å². The zero-order valence-corrected chi connectivity index (χ0v) is 11.7. The van der Waals surface area contributed by atoms with Gasteiger partial charge >= 0.3 is 0 Å². The lowest BCUT2D eigenvalue weighted by Crippen LogP contribution is -2.28. The van der Waals surface area contributed by atoms with Crippen molar-refractivity contribution in [2.24, 2.45) is 10.8 Å². The largest absolute Gasteiger partial charge is 0.150 e. The molecule has 0 fully saturated rings. The van der Waals surface area contributed by atoms with Crippen molar-refractivity contribution in [1.82, 2.24) is 0 Å². The van der Waals surface area contributed by atoms with Crippen LogP contribution in [0.2, 0.25) is 0 Å². The summed E-state index contributed by atoms with van der Waals surface area (Å²) in [7, 11) is 0. The highest BCUT2D eigenvalue weighted by molar-refractivity contribution is 8.00. The average Bonchev–Trinajstić information content (AvgIpc) is 1.95. The van der Waals surface area contributed by atoms with Crippen molar-refractivity contribution in [1.29, 1.82) is 0 Å². The van der Waals surface area contributed by atoms with E-state index in [1.165, 1.54) is 0 Å². The smallest absolute Gasteiger partial charge is 0.0275 e. The summed E-state index contributed by atoms with van der Waals surface area (Å²) in [5.41, 5.74) is 0.684. The van der Waals surface area contributed by atoms with E-state index < -0.39 is 0 Å². The molecule has 84 valence electrons. The van der Waals surface area contributed by atoms with Crippen LogP contribution in [0.5, 0.6) is 0 Å². The van der Waals surface area contributed by atoms with E-state index in [-0.39, 0.29) is 0 Å². The van der Waals surface area contributed by atoms with Crippen molar-refractivity contribution < 1.29 is 0 Å². The molecule has 0 bridgehead atoms. The van der Waals surface area contributed by atoms with Crippen LogP contribution in [0, 0.1) is 10.8 Å². The lowest BCUT2D eigenvalue weighted by molar-refractivity contribution is 0.398. The molecule has 1 heteroatoms. The number of hydrogen-bond acceptors (Lipinski definition) is 1. The molecule has 0 rings (SSSR count). The molecular formula is C13H26S. The molecule has 0 aliphatic rings. The lowest BCUT2D eigenvalue weighted by atomic mass is 9.91. The first-order chi connectivity index (χ1) is 6.09. The van der Waals surface area contributed by atoms with Crippen molar-refractivity contribution in [2.75, 3.05) is 0 Å². The second-order valence-electron chi connectivity index (χ2n) is 6.17. The molecule has 0 aliphatic carbocycles. The standard InChI is InChI=1S/C13H26S/c1-9-11(13(6,7)8)14-10(2)12(3,4)5/h9-11H,1H2,2-8H3. The van der Waals surface area contributed by atoms with Gasteiger partial charge in [-0.3, -0.25) is 0 Å². The maximum absolute atomic E-state index is 3.94. The van der Waals surface area contributed by atoms with Crippen molar-refractivity contribution in [3.63, 3.8) is 0 Å². The molecular weight excluding hydrogens is 188 g/mol. The van der Waals surface area contributed by atoms with E-state index >= 15 is 0 Å². The maximum atomic E-state index is 3.94. The van der Waals surface area contributed by atoms with Gasteiger partial charge in [-0.2, -0.15) is 11.8 Å². The molecule has 0 aliphatic heterocycles. The maximum Gasteiger partial charge on any atom is 0.0275 e. The molecule has 0 aromatic heterocycles. The molecule has 14 heavy (non-hydrogen) atoms. The highest BCUT2D eigenvalue weighted by Crippen LogP contribution is 2.39. The zero-order valence-electron chi connectivity index (χ0n) is 10.8. The van der Waals surface area contributed by atoms with Crippen LogP contribution in [-0.4, -0.2) is 10.5 Å². The molecule has 0 spiro atoms. The summed E-state index contributed by atoms with van der Waals surface area (Å²) in [4.78, 5) is 0. The molecule has 0 N–H and O–H groups in total. The van der Waals surface area contributed by atoms with Gasteiger partial charge in [0.2, 0.25) is 0 Å². The predicted octanol–water partition coefficient (Wildman–Crippen LogP) is 4.75. The molecule has 0 aromatic carbocycles. The van der Waals surface area contributed by atoms with Crippen LogP contribution in [0.25, 0.3) is 0 Å². The van der Waals surface area contributed by atoms with Crippen molar-refractivity contribution in [3.8, 4) is 0 Å². The highest BCUT2D eigenvalue weighted by atomic mass is 32.2. The van der Waals surface area contributed by atoms with Crippen molar-refractivity contribution in [3.05, 3.63) is 12.7 Å². The molecule has 0 saturated heterocycles. The number of hydrogen-bond donors (Lipinski definition) is 0. The first-order valence-corrected chi connectivity index (χ1v) is 6.31. The van der Waals surface area contributed by atoms with Crippen LogP contribution in [0.15, 0.2) is 12.7 Å². The monoisotopic (exact) mass is 214 g/mol. The van der Waals surface area contributed by atoms with Gasteiger partial charge in [-0.1, -0.05) is 54.5 Å². The van der Waals surface area contributed by atoms with Gasteiger partial charge < -0.3 is 0 Å². The second kappa shape index (κ2) is 4.74. The van der Waals surface area contributed by atoms with Gasteiger partial charge in [0.05, 0.1) is 0 Å². The molecule has 0 nitrogen and oxygen atoms in total. The Morgan fingerprint density at radius 1 is 1.00 bits per heavy atom. The van der Waals surface area contributed by atoms with Crippen LogP contribution in [0.3, 0.4) is 0 Å². The lowest BCUT2D eigenvalue weighted by Gasteiger charge is -2.34. The fraction of sp³-hybridized carbons (Fsp3) is 0.846. The van der Waals surface area contributed by atoms with Crippen LogP contribution in [0.4, 0.5) is 0 Å². The third-order valence-corrected chi connectivity index (χ3v) is 4.95. The SMILES string of the molecule is C=CC(SC(C)C(C)(C)C)C(C)(C)C. The Morgan fingerprint density at radius 3 is 1.64 bits per heavy atom. The number of rotatable bonds is 3. The Bertz CT molecular complexity index is 180. The summed E-state index contributed by atoms with van der Waals surface area (Å²) >= 11 is 2.04. The van der Waals surface area contributed by atoms with Crippen molar-refractivity contribution >= 4 is 11.8 Å². The minimum atomic E-state index is 0.311. The average molecular weight is 214 g/mol. The second-order valence-corrected chi connectivity index (χ2v) is 7.65. The van der Waals surface area contributed by atoms with Gasteiger partial charge in [-0.15, -0.1) is 6.58 Å². The summed E-state index contributed by atoms with van der Waals surface area (Å²) < 4.78 is 0. The van der Waals surface area contributed by atoms with E-state index in [4.69, 9.17) is 0 Å². The summed E-state index contributed by atoms with van der Waals surface area (Å²) in [5, 5.41) is 1.20. The Kier molecular flexibility index (Phi) is 4.77. The summed E-state index contributed by atoms with van der Waals surface area (Å²) in [6.07, 6.45) is 2.09. The Labute approximate surface area is 94.6 Å². The van der Waals surface area contributed by atoms with E-state index in [1.54, 1.807) is 0 Å². The Morgan fingerprint density at radius 2 is 1.43 bits per heavy atom. The summed E-state index contributed by atoms with van der Waals surface area (Å²) in [5.74, 6) is 0. The zero-order chi connectivity index (χ0) is 11.6. The van der Waals surface area contributed by atoms with Crippen LogP contribution in [0.1, 0.15) is 48.5 Å². The summed E-state index contributed by atoms with van der Waals surface area (Å²) in [6.45, 7) is 20.0. The Hall–Kier alpha value is 0.0900. The fourth-order valence-electron chi connectivity index (χ4n) is 1.04. The van der Waals surface area contributed by atoms with Gasteiger partial charge in [-0.05, 0) is 10.8 Å². The molecule has 0 amide bonds. The predicted molar refractivity (Wildman–Crippen MR) is 69.9 cm³/mol. The van der Waals surface area contributed by atoms with E-state index in [1.807, 2.05) is 11.8 Å². The van der Waals surface area contributed by atoms with Gasteiger partial charge in [-0.25, -0.2) is 0 Å².